The Morgan fingerprint density at radius 1 is 0.885 bits per heavy atom. The van der Waals surface area contributed by atoms with Crippen LogP contribution in [0.15, 0.2) is 97.1 Å². The van der Waals surface area contributed by atoms with E-state index in [2.05, 4.69) is 39.0 Å². The molecule has 52 heavy (non-hydrogen) atoms. The number of carbonyl (C=O) groups is 4. The number of hydrogen-bond acceptors (Lipinski definition) is 8. The summed E-state index contributed by atoms with van der Waals surface area (Å²) >= 11 is 0. The predicted molar refractivity (Wildman–Crippen MR) is 207 cm³/mol. The van der Waals surface area contributed by atoms with Gasteiger partial charge in [0, 0.05) is 0 Å². The number of hydrogen-bond donors (Lipinski definition) is 0. The van der Waals surface area contributed by atoms with E-state index in [1.807, 2.05) is 105 Å². The summed E-state index contributed by atoms with van der Waals surface area (Å²) in [6, 6.07) is 28.7. The zero-order valence-electron chi connectivity index (χ0n) is 31.5. The average molecular weight is 744 g/mol. The van der Waals surface area contributed by atoms with Crippen molar-refractivity contribution in [3.05, 3.63) is 108 Å². The number of esters is 1. The van der Waals surface area contributed by atoms with Crippen molar-refractivity contribution in [3.8, 4) is 0 Å². The normalized spacial score (nSPS) is 17.8. The molecule has 3 atom stereocenters. The molecular weight excluding hydrogens is 694 g/mol. The van der Waals surface area contributed by atoms with Gasteiger partial charge >= 0.3 is 308 Å². The summed E-state index contributed by atoms with van der Waals surface area (Å²) in [5.41, 5.74) is 1.09. The van der Waals surface area contributed by atoms with Crippen molar-refractivity contribution in [2.45, 2.75) is 78.2 Å². The van der Waals surface area contributed by atoms with E-state index in [1.165, 1.54) is 6.92 Å². The maximum absolute atomic E-state index is 15.4. The zero-order valence-corrected chi connectivity index (χ0v) is 33.4. The second kappa shape index (κ2) is 14.5. The fourth-order valence-corrected chi connectivity index (χ4v) is 14.4. The van der Waals surface area contributed by atoms with Crippen LogP contribution in [0.2, 0.25) is 18.1 Å². The van der Waals surface area contributed by atoms with Crippen molar-refractivity contribution in [1.82, 2.24) is 14.5 Å². The molecule has 1 saturated heterocycles. The Kier molecular flexibility index (Phi) is 10.8. The van der Waals surface area contributed by atoms with Crippen molar-refractivity contribution < 1.29 is 32.9 Å². The van der Waals surface area contributed by atoms with E-state index in [4.69, 9.17) is 13.7 Å². The Morgan fingerprint density at radius 3 is 1.77 bits per heavy atom. The second-order valence-corrected chi connectivity index (χ2v) is 23.9. The van der Waals surface area contributed by atoms with E-state index in [-0.39, 0.29) is 28.8 Å². The summed E-state index contributed by atoms with van der Waals surface area (Å²) in [5.74, 6) is -2.81. The average Bonchev–Trinajstić information content (AvgIpc) is 3.44. The van der Waals surface area contributed by atoms with Gasteiger partial charge in [-0.1, -0.05) is 0 Å². The Hall–Kier alpha value is -4.44. The monoisotopic (exact) mass is 743 g/mol. The molecule has 10 nitrogen and oxygen atoms in total. The molecule has 5 rings (SSSR count). The number of Topliss-reactive ketones (excluding diaryl/α,β-unsaturated/α-hetero) is 1. The van der Waals surface area contributed by atoms with Gasteiger partial charge in [-0.2, -0.15) is 0 Å². The molecule has 0 aliphatic carbocycles. The van der Waals surface area contributed by atoms with Gasteiger partial charge in [-0.25, -0.2) is 0 Å². The molecule has 4 aromatic rings. The van der Waals surface area contributed by atoms with Gasteiger partial charge in [0.25, 0.3) is 0 Å². The molecule has 2 heterocycles. The number of aromatic nitrogens is 2. The van der Waals surface area contributed by atoms with Crippen LogP contribution in [0.5, 0.6) is 0 Å². The molecule has 0 saturated carbocycles. The molecule has 0 spiro atoms. The van der Waals surface area contributed by atoms with Crippen molar-refractivity contribution in [1.29, 1.82) is 0 Å². The molecule has 0 unspecified atom stereocenters. The zero-order chi connectivity index (χ0) is 38.1. The third kappa shape index (κ3) is 6.66. The first-order valence-corrected chi connectivity index (χ1v) is 22.6. The third-order valence-electron chi connectivity index (χ3n) is 10.6. The summed E-state index contributed by atoms with van der Waals surface area (Å²) in [4.78, 5) is 55.9. The standard InChI is InChI=1S/C40H50N3O7PSi/c1-28-25-34(41-42(28)7)36(45)26-35-38(29(2)50-52(8,9)40(4,5)6)39(47)43(35)51(31-19-13-10-14-20-31,32-21-15-11-16-22-32,33-23-17-12-18-24-33)49-37(46)27-48-30(3)44/h10-25,29,35,38H,26-27H2,1-9H3/t29-,35-,38-/m1/s1. The summed E-state index contributed by atoms with van der Waals surface area (Å²) in [7, 11) is -0.625. The van der Waals surface area contributed by atoms with Crippen LogP contribution in [0.4, 0.5) is 0 Å². The van der Waals surface area contributed by atoms with E-state index >= 15 is 4.79 Å². The van der Waals surface area contributed by atoms with Crippen LogP contribution in [-0.4, -0.2) is 65.2 Å². The Balaban J connectivity index is 1.84. The van der Waals surface area contributed by atoms with Crippen molar-refractivity contribution >= 4 is 54.8 Å². The number of nitrogens with zero attached hydrogens (tertiary/aromatic N) is 3. The first-order valence-electron chi connectivity index (χ1n) is 17.5. The molecule has 1 aliphatic rings. The summed E-state index contributed by atoms with van der Waals surface area (Å²) in [6.07, 6.45) is -0.682. The SMILES string of the molecule is CC(=O)OCC(=O)OP(c1ccccc1)(c1ccccc1)(c1ccccc1)N1C(=O)[C@H]([C@@H](C)O[Si](C)(C)C(C)(C)C)[C@H]1CC(=O)c1cc(C)n(C)n1. The molecule has 1 amide bonds. The van der Waals surface area contributed by atoms with Crippen LogP contribution in [0.1, 0.15) is 57.2 Å². The molecule has 0 radical (unpaired) electrons. The van der Waals surface area contributed by atoms with Crippen LogP contribution in [-0.2, 0) is 35.1 Å². The number of rotatable bonds is 13. The topological polar surface area (TPSA) is 117 Å². The maximum atomic E-state index is 15.4. The van der Waals surface area contributed by atoms with Gasteiger partial charge in [-0.15, -0.1) is 0 Å². The molecular formula is C40H50N3O7PSi. The molecule has 1 fully saturated rings. The van der Waals surface area contributed by atoms with Gasteiger partial charge in [0.15, 0.2) is 0 Å². The quantitative estimate of drug-likeness (QED) is 0.0538. The first-order chi connectivity index (χ1) is 24.4. The van der Waals surface area contributed by atoms with Gasteiger partial charge in [-0.05, 0) is 0 Å². The minimum absolute atomic E-state index is 0.107. The number of aryl methyl sites for hydroxylation is 2. The summed E-state index contributed by atoms with van der Waals surface area (Å²) < 4.78 is 22.4. The first kappa shape index (κ1) is 38.8. The molecule has 0 bridgehead atoms. The van der Waals surface area contributed by atoms with E-state index in [0.29, 0.717) is 15.9 Å². The minimum atomic E-state index is -4.94. The Labute approximate surface area is 307 Å². The molecule has 0 N–H and O–H groups in total. The second-order valence-electron chi connectivity index (χ2n) is 15.0. The van der Waals surface area contributed by atoms with E-state index in [9.17, 15) is 14.4 Å². The van der Waals surface area contributed by atoms with Gasteiger partial charge in [0.05, 0.1) is 0 Å². The van der Waals surface area contributed by atoms with Gasteiger partial charge in [0.2, 0.25) is 0 Å². The number of benzene rings is 3. The van der Waals surface area contributed by atoms with E-state index in [1.54, 1.807) is 22.5 Å². The predicted octanol–water partition coefficient (Wildman–Crippen LogP) is 6.00. The van der Waals surface area contributed by atoms with Gasteiger partial charge in [-0.3, -0.25) is 0 Å². The molecule has 1 aromatic heterocycles. The summed E-state index contributed by atoms with van der Waals surface area (Å²) in [6.45, 7) is 10.1. The van der Waals surface area contributed by atoms with Crippen LogP contribution in [0, 0.1) is 12.8 Å². The number of ketones is 1. The number of amides is 1. The van der Waals surface area contributed by atoms with Crippen LogP contribution in [0.3, 0.4) is 0 Å². The molecule has 1 aliphatic heterocycles. The third-order valence-corrected chi connectivity index (χ3v) is 20.8. The summed E-state index contributed by atoms with van der Waals surface area (Å²) in [5, 5.41) is 6.04. The van der Waals surface area contributed by atoms with E-state index < -0.39 is 51.9 Å². The van der Waals surface area contributed by atoms with Crippen molar-refractivity contribution in [2.75, 3.05) is 6.61 Å². The molecule has 276 valence electrons. The number of ether oxygens (including phenoxy) is 1. The Morgan fingerprint density at radius 2 is 1.37 bits per heavy atom. The van der Waals surface area contributed by atoms with Gasteiger partial charge in [0.1, 0.15) is 0 Å². The number of β-lactam (4-membered cyclic amide) rings is 1. The Bertz CT molecular complexity index is 1820. The van der Waals surface area contributed by atoms with Crippen molar-refractivity contribution in [3.63, 3.8) is 0 Å². The fourth-order valence-electron chi connectivity index (χ4n) is 6.98. The van der Waals surface area contributed by atoms with E-state index in [0.717, 1.165) is 5.69 Å². The van der Waals surface area contributed by atoms with Crippen molar-refractivity contribution in [2.24, 2.45) is 13.0 Å². The number of carbonyl (C=O) groups excluding carboxylic acids is 4. The van der Waals surface area contributed by atoms with Crippen LogP contribution >= 0.6 is 6.98 Å². The molecule has 3 aromatic carbocycles. The van der Waals surface area contributed by atoms with Crippen LogP contribution in [0.25, 0.3) is 0 Å². The van der Waals surface area contributed by atoms with Crippen LogP contribution < -0.4 is 15.9 Å². The van der Waals surface area contributed by atoms with Gasteiger partial charge < -0.3 is 0 Å². The molecule has 12 heteroatoms. The fraction of sp³-hybridized carbons (Fsp3) is 0.375.